The minimum Gasteiger partial charge on any atom is -0.493 e. The van der Waals surface area contributed by atoms with Gasteiger partial charge in [0.25, 0.3) is 5.69 Å². The Morgan fingerprint density at radius 1 is 1.15 bits per heavy atom. The Kier molecular flexibility index (Phi) is 5.27. The maximum atomic E-state index is 11.1. The lowest BCUT2D eigenvalue weighted by atomic mass is 10.1. The summed E-state index contributed by atoms with van der Waals surface area (Å²) in [6.45, 7) is 0. The van der Waals surface area contributed by atoms with Crippen LogP contribution in [0.2, 0.25) is 0 Å². The van der Waals surface area contributed by atoms with Crippen molar-refractivity contribution in [2.75, 3.05) is 14.2 Å². The van der Waals surface area contributed by atoms with Crippen molar-refractivity contribution in [3.8, 4) is 11.5 Å². The second-order valence-corrected chi connectivity index (χ2v) is 3.53. The van der Waals surface area contributed by atoms with Crippen LogP contribution in [0.15, 0.2) is 12.1 Å². The highest BCUT2D eigenvalue weighted by Crippen LogP contribution is 2.36. The second kappa shape index (κ2) is 6.92. The molecule has 108 valence electrons. The van der Waals surface area contributed by atoms with Gasteiger partial charge in [-0.15, -0.1) is 0 Å². The highest BCUT2D eigenvalue weighted by molar-refractivity contribution is 5.59. The van der Waals surface area contributed by atoms with E-state index in [1.54, 1.807) is 0 Å². The Bertz CT molecular complexity index is 509. The van der Waals surface area contributed by atoms with Gasteiger partial charge in [0.2, 0.25) is 12.8 Å². The molecule has 0 spiro atoms. The van der Waals surface area contributed by atoms with Gasteiger partial charge in [-0.25, -0.2) is 0 Å². The normalized spacial score (nSPS) is 9.75. The number of rotatable bonds is 8. The highest BCUT2D eigenvalue weighted by Gasteiger charge is 2.25. The average Bonchev–Trinajstić information content (AvgIpc) is 2.45. The molecule has 1 aromatic rings. The molecule has 20 heavy (non-hydrogen) atoms. The van der Waals surface area contributed by atoms with Gasteiger partial charge in [-0.2, -0.15) is 0 Å². The van der Waals surface area contributed by atoms with Crippen LogP contribution in [0.1, 0.15) is 11.7 Å². The summed E-state index contributed by atoms with van der Waals surface area (Å²) in [5.41, 5.74) is -0.261. The summed E-state index contributed by atoms with van der Waals surface area (Å²) in [7, 11) is 2.70. The molecule has 9 nitrogen and oxygen atoms in total. The third-order valence-electron chi connectivity index (χ3n) is 2.51. The van der Waals surface area contributed by atoms with Crippen LogP contribution in [-0.2, 0) is 9.59 Å². The van der Waals surface area contributed by atoms with Crippen molar-refractivity contribution in [2.45, 2.75) is 6.17 Å². The zero-order chi connectivity index (χ0) is 15.1. The predicted molar refractivity (Wildman–Crippen MR) is 67.3 cm³/mol. The van der Waals surface area contributed by atoms with Crippen molar-refractivity contribution in [2.24, 2.45) is 0 Å². The van der Waals surface area contributed by atoms with Gasteiger partial charge in [-0.3, -0.25) is 19.7 Å². The van der Waals surface area contributed by atoms with E-state index in [1.165, 1.54) is 20.3 Å². The number of hydrogen-bond donors (Lipinski definition) is 2. The summed E-state index contributed by atoms with van der Waals surface area (Å²) >= 11 is 0. The lowest BCUT2D eigenvalue weighted by molar-refractivity contribution is -0.385. The van der Waals surface area contributed by atoms with Gasteiger partial charge in [-0.1, -0.05) is 0 Å². The smallest absolute Gasteiger partial charge is 0.280 e. The van der Waals surface area contributed by atoms with E-state index >= 15 is 0 Å². The van der Waals surface area contributed by atoms with Crippen LogP contribution >= 0.6 is 0 Å². The molecular weight excluding hydrogens is 270 g/mol. The quantitative estimate of drug-likeness (QED) is 0.302. The number of nitrogens with zero attached hydrogens (tertiary/aromatic N) is 1. The Labute approximate surface area is 114 Å². The lowest BCUT2D eigenvalue weighted by Crippen LogP contribution is -2.33. The first-order valence-corrected chi connectivity index (χ1v) is 5.38. The number of carbonyl (C=O) groups is 2. The van der Waals surface area contributed by atoms with Gasteiger partial charge < -0.3 is 20.1 Å². The van der Waals surface area contributed by atoms with E-state index in [4.69, 9.17) is 9.47 Å². The molecule has 1 rings (SSSR count). The molecule has 0 fully saturated rings. The molecule has 0 bridgehead atoms. The highest BCUT2D eigenvalue weighted by atomic mass is 16.6. The van der Waals surface area contributed by atoms with Crippen molar-refractivity contribution < 1.29 is 24.0 Å². The van der Waals surface area contributed by atoms with Gasteiger partial charge >= 0.3 is 0 Å². The number of hydrogen-bond acceptors (Lipinski definition) is 6. The summed E-state index contributed by atoms with van der Waals surface area (Å²) in [5.74, 6) is 0.400. The fourth-order valence-electron chi connectivity index (χ4n) is 1.64. The standard InChI is InChI=1S/C11H13N3O6/c1-19-9-3-7(11(12-5-15)13-6-16)8(14(17)18)4-10(9)20-2/h3-6,11H,1-2H3,(H,12,15)(H,13,16). The third kappa shape index (κ3) is 3.13. The lowest BCUT2D eigenvalue weighted by Gasteiger charge is -2.17. The molecular formula is C11H13N3O6. The van der Waals surface area contributed by atoms with Gasteiger partial charge in [0.05, 0.1) is 30.8 Å². The third-order valence-corrected chi connectivity index (χ3v) is 2.51. The molecule has 0 radical (unpaired) electrons. The van der Waals surface area contributed by atoms with E-state index in [0.29, 0.717) is 12.8 Å². The first kappa shape index (κ1) is 15.2. The maximum Gasteiger partial charge on any atom is 0.280 e. The SMILES string of the molecule is COc1cc(C(NC=O)NC=O)c([N+](=O)[O-])cc1OC. The number of nitro groups is 1. The maximum absolute atomic E-state index is 11.1. The molecule has 1 aromatic carbocycles. The van der Waals surface area contributed by atoms with Crippen LogP contribution in [0.3, 0.4) is 0 Å². The summed E-state index contributed by atoms with van der Waals surface area (Å²) < 4.78 is 10.0. The van der Waals surface area contributed by atoms with Crippen LogP contribution in [0.4, 0.5) is 5.69 Å². The molecule has 2 N–H and O–H groups in total. The van der Waals surface area contributed by atoms with Crippen molar-refractivity contribution in [1.29, 1.82) is 0 Å². The van der Waals surface area contributed by atoms with Crippen LogP contribution in [0.5, 0.6) is 11.5 Å². The molecule has 0 heterocycles. The van der Waals surface area contributed by atoms with E-state index in [0.717, 1.165) is 6.07 Å². The Hall–Kier alpha value is -2.84. The van der Waals surface area contributed by atoms with Gasteiger partial charge in [0.1, 0.15) is 6.17 Å². The fraction of sp³-hybridized carbons (Fsp3) is 0.273. The summed E-state index contributed by atoms with van der Waals surface area (Å²) in [6, 6.07) is 2.47. The predicted octanol–water partition coefficient (Wildman–Crippen LogP) is 0.103. The van der Waals surface area contributed by atoms with Gasteiger partial charge in [-0.05, 0) is 6.07 Å². The minimum absolute atomic E-state index is 0.0619. The largest absolute Gasteiger partial charge is 0.493 e. The minimum atomic E-state index is -1.05. The summed E-state index contributed by atoms with van der Waals surface area (Å²) in [6.07, 6.45) is -0.409. The van der Waals surface area contributed by atoms with E-state index < -0.39 is 11.1 Å². The molecule has 9 heteroatoms. The molecule has 0 aliphatic heterocycles. The van der Waals surface area contributed by atoms with Crippen molar-refractivity contribution in [3.63, 3.8) is 0 Å². The molecule has 0 saturated heterocycles. The molecule has 0 aromatic heterocycles. The van der Waals surface area contributed by atoms with Crippen LogP contribution < -0.4 is 20.1 Å². The molecule has 0 atom stereocenters. The number of nitro benzene ring substituents is 1. The summed E-state index contributed by atoms with van der Waals surface area (Å²) in [5, 5.41) is 15.6. The molecule has 0 aliphatic carbocycles. The number of nitrogens with one attached hydrogen (secondary N) is 2. The second-order valence-electron chi connectivity index (χ2n) is 3.53. The number of methoxy groups -OCH3 is 2. The van der Waals surface area contributed by atoms with Crippen molar-refractivity contribution in [1.82, 2.24) is 10.6 Å². The van der Waals surface area contributed by atoms with Crippen molar-refractivity contribution >= 4 is 18.5 Å². The number of carbonyl (C=O) groups excluding carboxylic acids is 2. The molecule has 0 saturated carbocycles. The molecule has 0 aliphatic rings. The summed E-state index contributed by atoms with van der Waals surface area (Å²) in [4.78, 5) is 31.5. The average molecular weight is 283 g/mol. The van der Waals surface area contributed by atoms with Gasteiger partial charge in [0.15, 0.2) is 11.5 Å². The first-order chi connectivity index (χ1) is 9.58. The Balaban J connectivity index is 3.43. The fourth-order valence-corrected chi connectivity index (χ4v) is 1.64. The Morgan fingerprint density at radius 2 is 1.65 bits per heavy atom. The van der Waals surface area contributed by atoms with Gasteiger partial charge in [0, 0.05) is 0 Å². The Morgan fingerprint density at radius 3 is 2.05 bits per heavy atom. The van der Waals surface area contributed by atoms with E-state index in [2.05, 4.69) is 10.6 Å². The molecule has 0 unspecified atom stereocenters. The van der Waals surface area contributed by atoms with Crippen molar-refractivity contribution in [3.05, 3.63) is 27.8 Å². The number of amides is 2. The molecule has 2 amide bonds. The van der Waals surface area contributed by atoms with Crippen LogP contribution in [0, 0.1) is 10.1 Å². The topological polar surface area (TPSA) is 120 Å². The van der Waals surface area contributed by atoms with E-state index in [-0.39, 0.29) is 22.7 Å². The van der Waals surface area contributed by atoms with Crippen LogP contribution in [-0.4, -0.2) is 32.0 Å². The number of benzene rings is 1. The van der Waals surface area contributed by atoms with E-state index in [9.17, 15) is 19.7 Å². The van der Waals surface area contributed by atoms with E-state index in [1.807, 2.05) is 0 Å². The zero-order valence-electron chi connectivity index (χ0n) is 10.8. The number of ether oxygens (including phenoxy) is 2. The monoisotopic (exact) mass is 283 g/mol. The zero-order valence-corrected chi connectivity index (χ0v) is 10.8. The van der Waals surface area contributed by atoms with Crippen LogP contribution in [0.25, 0.3) is 0 Å². The first-order valence-electron chi connectivity index (χ1n) is 5.38.